The highest BCUT2D eigenvalue weighted by Crippen LogP contribution is 1.88. The molecule has 8 heavy (non-hydrogen) atoms. The summed E-state index contributed by atoms with van der Waals surface area (Å²) >= 11 is 0. The molecule has 1 heteroatoms. The van der Waals surface area contributed by atoms with Crippen molar-refractivity contribution in [2.24, 2.45) is 4.99 Å². The Labute approximate surface area is 51.1 Å². The van der Waals surface area contributed by atoms with Crippen LogP contribution in [0.15, 0.2) is 16.6 Å². The van der Waals surface area contributed by atoms with E-state index in [1.165, 1.54) is 5.57 Å². The third-order valence-electron chi connectivity index (χ3n) is 0.850. The van der Waals surface area contributed by atoms with E-state index in [-0.39, 0.29) is 0 Å². The Morgan fingerprint density at radius 1 is 1.25 bits per heavy atom. The Hall–Kier alpha value is -0.590. The van der Waals surface area contributed by atoms with Crippen LogP contribution in [-0.2, 0) is 0 Å². The predicted molar refractivity (Wildman–Crippen MR) is 38.5 cm³/mol. The van der Waals surface area contributed by atoms with Gasteiger partial charge in [0, 0.05) is 12.8 Å². The molecule has 0 aromatic rings. The fourth-order valence-electron chi connectivity index (χ4n) is 0.482. The summed E-state index contributed by atoms with van der Waals surface area (Å²) in [6.07, 6.45) is 2.06. The van der Waals surface area contributed by atoms with Crippen molar-refractivity contribution in [3.63, 3.8) is 0 Å². The summed E-state index contributed by atoms with van der Waals surface area (Å²) in [7, 11) is 1.80. The van der Waals surface area contributed by atoms with Crippen molar-refractivity contribution in [1.82, 2.24) is 0 Å². The van der Waals surface area contributed by atoms with Gasteiger partial charge in [0.1, 0.15) is 0 Å². The fraction of sp³-hybridized carbons (Fsp3) is 0.571. The molecule has 0 aromatic carbocycles. The number of rotatable bonds is 1. The molecule has 0 amide bonds. The fourth-order valence-corrected chi connectivity index (χ4v) is 0.482. The van der Waals surface area contributed by atoms with E-state index < -0.39 is 0 Å². The molecule has 0 rings (SSSR count). The van der Waals surface area contributed by atoms with Crippen molar-refractivity contribution in [2.45, 2.75) is 20.8 Å². The van der Waals surface area contributed by atoms with Crippen molar-refractivity contribution in [3.8, 4) is 0 Å². The molecular weight excluding hydrogens is 98.1 g/mol. The molecule has 1 nitrogen and oxygen atoms in total. The molecule has 0 atom stereocenters. The molecule has 0 unspecified atom stereocenters. The van der Waals surface area contributed by atoms with Gasteiger partial charge in [-0.15, -0.1) is 0 Å². The van der Waals surface area contributed by atoms with Gasteiger partial charge in [0.05, 0.1) is 0 Å². The Bertz CT molecular complexity index is 116. The maximum absolute atomic E-state index is 3.97. The lowest BCUT2D eigenvalue weighted by Gasteiger charge is -1.87. The minimum atomic E-state index is 1.09. The van der Waals surface area contributed by atoms with Crippen LogP contribution in [0.5, 0.6) is 0 Å². The molecule has 0 N–H and O–H groups in total. The molecule has 0 aliphatic carbocycles. The molecule has 0 heterocycles. The van der Waals surface area contributed by atoms with Gasteiger partial charge in [-0.1, -0.05) is 5.57 Å². The zero-order valence-corrected chi connectivity index (χ0v) is 6.02. The molecule has 0 radical (unpaired) electrons. The first-order chi connectivity index (χ1) is 3.66. The van der Waals surface area contributed by atoms with Gasteiger partial charge in [-0.2, -0.15) is 0 Å². The molecule has 0 bridgehead atoms. The van der Waals surface area contributed by atoms with E-state index in [0.29, 0.717) is 0 Å². The topological polar surface area (TPSA) is 12.4 Å². The van der Waals surface area contributed by atoms with E-state index in [1.54, 1.807) is 7.05 Å². The van der Waals surface area contributed by atoms with Crippen LogP contribution in [0.1, 0.15) is 20.8 Å². The van der Waals surface area contributed by atoms with Gasteiger partial charge in [0.25, 0.3) is 0 Å². The minimum absolute atomic E-state index is 1.09. The van der Waals surface area contributed by atoms with Crippen LogP contribution in [0.25, 0.3) is 0 Å². The summed E-state index contributed by atoms with van der Waals surface area (Å²) in [5, 5.41) is 0. The van der Waals surface area contributed by atoms with E-state index in [2.05, 4.69) is 24.9 Å². The quantitative estimate of drug-likeness (QED) is 0.459. The maximum Gasteiger partial charge on any atom is 0.0313 e. The molecule has 46 valence electrons. The van der Waals surface area contributed by atoms with Crippen LogP contribution >= 0.6 is 0 Å². The lowest BCUT2D eigenvalue weighted by Crippen LogP contribution is -1.83. The van der Waals surface area contributed by atoms with Gasteiger partial charge in [-0.25, -0.2) is 0 Å². The summed E-state index contributed by atoms with van der Waals surface area (Å²) < 4.78 is 0. The molecule has 0 fully saturated rings. The Morgan fingerprint density at radius 3 is 1.88 bits per heavy atom. The molecule has 0 spiro atoms. The van der Waals surface area contributed by atoms with Crippen LogP contribution in [0.2, 0.25) is 0 Å². The van der Waals surface area contributed by atoms with E-state index in [1.807, 2.05) is 6.92 Å². The van der Waals surface area contributed by atoms with Gasteiger partial charge >= 0.3 is 0 Å². The van der Waals surface area contributed by atoms with Crippen molar-refractivity contribution in [1.29, 1.82) is 0 Å². The van der Waals surface area contributed by atoms with Crippen molar-refractivity contribution in [3.05, 3.63) is 11.6 Å². The van der Waals surface area contributed by atoms with Crippen LogP contribution in [0.3, 0.4) is 0 Å². The summed E-state index contributed by atoms with van der Waals surface area (Å²) in [6.45, 7) is 6.12. The van der Waals surface area contributed by atoms with Gasteiger partial charge in [-0.3, -0.25) is 4.99 Å². The van der Waals surface area contributed by atoms with Crippen LogP contribution in [0, 0.1) is 0 Å². The number of hydrogen-bond acceptors (Lipinski definition) is 1. The zero-order chi connectivity index (χ0) is 6.57. The number of aliphatic imine (C=N–C) groups is 1. The highest BCUT2D eigenvalue weighted by Gasteiger charge is 1.78. The molecule has 0 saturated carbocycles. The summed E-state index contributed by atoms with van der Waals surface area (Å²) in [5.74, 6) is 0. The summed E-state index contributed by atoms with van der Waals surface area (Å²) in [6, 6.07) is 0. The molecule has 0 aliphatic heterocycles. The average molecular weight is 111 g/mol. The highest BCUT2D eigenvalue weighted by molar-refractivity contribution is 5.93. The molecular formula is C7H13N. The van der Waals surface area contributed by atoms with Gasteiger partial charge in [-0.05, 0) is 26.8 Å². The van der Waals surface area contributed by atoms with Crippen molar-refractivity contribution >= 4 is 5.71 Å². The normalized spacial score (nSPS) is 11.2. The van der Waals surface area contributed by atoms with E-state index in [0.717, 1.165) is 5.71 Å². The van der Waals surface area contributed by atoms with Crippen LogP contribution in [-0.4, -0.2) is 12.8 Å². The van der Waals surface area contributed by atoms with Crippen LogP contribution < -0.4 is 0 Å². The standard InChI is InChI=1S/C7H13N/c1-6(2)5-7(3)8-4/h5H,1-4H3/b8-7-. The lowest BCUT2D eigenvalue weighted by molar-refractivity contribution is 1.37. The third-order valence-corrected chi connectivity index (χ3v) is 0.850. The SMILES string of the molecule is C/N=C(/C)C=C(C)C. The van der Waals surface area contributed by atoms with Gasteiger partial charge in [0.2, 0.25) is 0 Å². The van der Waals surface area contributed by atoms with Gasteiger partial charge < -0.3 is 0 Å². The monoisotopic (exact) mass is 111 g/mol. The smallest absolute Gasteiger partial charge is 0.0313 e. The highest BCUT2D eigenvalue weighted by atomic mass is 14.7. The molecule has 0 aromatic heterocycles. The second-order valence-electron chi connectivity index (χ2n) is 2.09. The maximum atomic E-state index is 3.97. The van der Waals surface area contributed by atoms with Crippen molar-refractivity contribution in [2.75, 3.05) is 7.05 Å². The first kappa shape index (κ1) is 7.41. The second-order valence-corrected chi connectivity index (χ2v) is 2.09. The molecule has 0 saturated heterocycles. The zero-order valence-electron chi connectivity index (χ0n) is 6.02. The largest absolute Gasteiger partial charge is 0.293 e. The van der Waals surface area contributed by atoms with Crippen LogP contribution in [0.4, 0.5) is 0 Å². The molecule has 0 aliphatic rings. The summed E-state index contributed by atoms with van der Waals surface area (Å²) in [5.41, 5.74) is 2.39. The Balaban J connectivity index is 3.89. The predicted octanol–water partition coefficient (Wildman–Crippen LogP) is 2.04. The van der Waals surface area contributed by atoms with E-state index >= 15 is 0 Å². The number of hydrogen-bond donors (Lipinski definition) is 0. The minimum Gasteiger partial charge on any atom is -0.293 e. The first-order valence-electron chi connectivity index (χ1n) is 2.75. The number of nitrogens with zero attached hydrogens (tertiary/aromatic N) is 1. The number of allylic oxidation sites excluding steroid dienone is 2. The lowest BCUT2D eigenvalue weighted by atomic mass is 10.3. The third kappa shape index (κ3) is 3.59. The van der Waals surface area contributed by atoms with Gasteiger partial charge in [0.15, 0.2) is 0 Å². The Kier molecular flexibility index (Phi) is 3.16. The second kappa shape index (κ2) is 3.42. The average Bonchev–Trinajstić information content (AvgIpc) is 1.65. The Morgan fingerprint density at radius 2 is 1.75 bits per heavy atom. The first-order valence-corrected chi connectivity index (χ1v) is 2.75. The van der Waals surface area contributed by atoms with E-state index in [9.17, 15) is 0 Å². The summed E-state index contributed by atoms with van der Waals surface area (Å²) in [4.78, 5) is 3.97. The van der Waals surface area contributed by atoms with E-state index in [4.69, 9.17) is 0 Å². The van der Waals surface area contributed by atoms with Crippen molar-refractivity contribution < 1.29 is 0 Å².